The second-order valence-corrected chi connectivity index (χ2v) is 4.94. The minimum atomic E-state index is -0.455. The second-order valence-electron chi connectivity index (χ2n) is 4.94. The number of aliphatic hydroxyl groups is 1. The van der Waals surface area contributed by atoms with Crippen LogP contribution in [0.2, 0.25) is 0 Å². The van der Waals surface area contributed by atoms with Gasteiger partial charge in [-0.25, -0.2) is 0 Å². The van der Waals surface area contributed by atoms with Crippen molar-refractivity contribution in [2.75, 3.05) is 0 Å². The molecule has 3 rings (SSSR count). The molecule has 0 spiro atoms. The SMILES string of the molecule is OC(CCc1ccccn1)c1cccc2ccccc12. The van der Waals surface area contributed by atoms with Crippen LogP contribution in [-0.2, 0) is 6.42 Å². The van der Waals surface area contributed by atoms with Gasteiger partial charge in [-0.05, 0) is 41.3 Å². The first-order valence-corrected chi connectivity index (χ1v) is 6.90. The molecule has 2 aromatic carbocycles. The number of nitrogens with zero attached hydrogens (tertiary/aromatic N) is 1. The van der Waals surface area contributed by atoms with Gasteiger partial charge in [0.05, 0.1) is 6.10 Å². The van der Waals surface area contributed by atoms with E-state index in [1.807, 2.05) is 42.5 Å². The maximum atomic E-state index is 10.5. The molecule has 0 amide bonds. The van der Waals surface area contributed by atoms with E-state index in [4.69, 9.17) is 0 Å². The van der Waals surface area contributed by atoms with E-state index in [-0.39, 0.29) is 0 Å². The van der Waals surface area contributed by atoms with Crippen molar-refractivity contribution in [2.24, 2.45) is 0 Å². The average molecular weight is 263 g/mol. The van der Waals surface area contributed by atoms with Crippen molar-refractivity contribution in [3.63, 3.8) is 0 Å². The molecule has 0 fully saturated rings. The molecule has 2 heteroatoms. The normalized spacial score (nSPS) is 12.4. The summed E-state index contributed by atoms with van der Waals surface area (Å²) in [5, 5.41) is 12.7. The molecule has 0 saturated carbocycles. The zero-order chi connectivity index (χ0) is 13.8. The highest BCUT2D eigenvalue weighted by atomic mass is 16.3. The summed E-state index contributed by atoms with van der Waals surface area (Å²) < 4.78 is 0. The van der Waals surface area contributed by atoms with Gasteiger partial charge in [0.2, 0.25) is 0 Å². The van der Waals surface area contributed by atoms with Gasteiger partial charge in [-0.15, -0.1) is 0 Å². The summed E-state index contributed by atoms with van der Waals surface area (Å²) in [4.78, 5) is 4.30. The number of fused-ring (bicyclic) bond motifs is 1. The molecular weight excluding hydrogens is 246 g/mol. The van der Waals surface area contributed by atoms with Crippen molar-refractivity contribution in [1.82, 2.24) is 4.98 Å². The van der Waals surface area contributed by atoms with E-state index in [0.717, 1.165) is 23.1 Å². The van der Waals surface area contributed by atoms with Crippen LogP contribution < -0.4 is 0 Å². The molecule has 20 heavy (non-hydrogen) atoms. The van der Waals surface area contributed by atoms with Crippen molar-refractivity contribution in [2.45, 2.75) is 18.9 Å². The molecular formula is C18H17NO. The third kappa shape index (κ3) is 2.70. The first kappa shape index (κ1) is 12.8. The maximum absolute atomic E-state index is 10.5. The number of aromatic nitrogens is 1. The van der Waals surface area contributed by atoms with Gasteiger partial charge < -0.3 is 5.11 Å². The highest BCUT2D eigenvalue weighted by molar-refractivity contribution is 5.85. The highest BCUT2D eigenvalue weighted by Gasteiger charge is 2.11. The molecule has 0 radical (unpaired) electrons. The summed E-state index contributed by atoms with van der Waals surface area (Å²) in [5.74, 6) is 0. The van der Waals surface area contributed by atoms with E-state index in [9.17, 15) is 5.11 Å². The van der Waals surface area contributed by atoms with Crippen LogP contribution >= 0.6 is 0 Å². The summed E-state index contributed by atoms with van der Waals surface area (Å²) in [5.41, 5.74) is 2.02. The van der Waals surface area contributed by atoms with Gasteiger partial charge in [-0.2, -0.15) is 0 Å². The van der Waals surface area contributed by atoms with Crippen molar-refractivity contribution in [3.8, 4) is 0 Å². The molecule has 1 N–H and O–H groups in total. The standard InChI is InChI=1S/C18H17NO/c20-18(12-11-15-8-3-4-13-19-15)17-10-5-7-14-6-1-2-9-16(14)17/h1-10,13,18,20H,11-12H2. The van der Waals surface area contributed by atoms with E-state index in [2.05, 4.69) is 23.2 Å². The van der Waals surface area contributed by atoms with E-state index in [0.29, 0.717) is 6.42 Å². The van der Waals surface area contributed by atoms with E-state index < -0.39 is 6.10 Å². The van der Waals surface area contributed by atoms with E-state index >= 15 is 0 Å². The van der Waals surface area contributed by atoms with Crippen LogP contribution in [0.4, 0.5) is 0 Å². The third-order valence-electron chi connectivity index (χ3n) is 3.58. The Balaban J connectivity index is 1.80. The lowest BCUT2D eigenvalue weighted by atomic mass is 9.97. The highest BCUT2D eigenvalue weighted by Crippen LogP contribution is 2.26. The van der Waals surface area contributed by atoms with Crippen molar-refractivity contribution in [3.05, 3.63) is 78.1 Å². The summed E-state index contributed by atoms with van der Waals surface area (Å²) in [6, 6.07) is 20.1. The topological polar surface area (TPSA) is 33.1 Å². The second kappa shape index (κ2) is 5.85. The Labute approximate surface area is 118 Å². The van der Waals surface area contributed by atoms with Gasteiger partial charge in [0.15, 0.2) is 0 Å². The Kier molecular flexibility index (Phi) is 3.75. The molecule has 100 valence electrons. The average Bonchev–Trinajstić information content (AvgIpc) is 2.53. The molecule has 3 aromatic rings. The van der Waals surface area contributed by atoms with Crippen LogP contribution in [0.5, 0.6) is 0 Å². The molecule has 0 aliphatic heterocycles. The molecule has 1 unspecified atom stereocenters. The summed E-state index contributed by atoms with van der Waals surface area (Å²) in [7, 11) is 0. The smallest absolute Gasteiger partial charge is 0.0799 e. The monoisotopic (exact) mass is 263 g/mol. The van der Waals surface area contributed by atoms with E-state index in [1.165, 1.54) is 5.39 Å². The molecule has 0 bridgehead atoms. The van der Waals surface area contributed by atoms with Gasteiger partial charge in [0, 0.05) is 11.9 Å². The largest absolute Gasteiger partial charge is 0.388 e. The lowest BCUT2D eigenvalue weighted by molar-refractivity contribution is 0.169. The Morgan fingerprint density at radius 1 is 0.900 bits per heavy atom. The fraction of sp³-hybridized carbons (Fsp3) is 0.167. The Morgan fingerprint density at radius 3 is 2.55 bits per heavy atom. The van der Waals surface area contributed by atoms with Gasteiger partial charge in [0.1, 0.15) is 0 Å². The molecule has 1 atom stereocenters. The van der Waals surface area contributed by atoms with Crippen molar-refractivity contribution >= 4 is 10.8 Å². The number of hydrogen-bond donors (Lipinski definition) is 1. The van der Waals surface area contributed by atoms with Crippen LogP contribution in [0.15, 0.2) is 66.9 Å². The molecule has 0 saturated heterocycles. The molecule has 1 aromatic heterocycles. The Hall–Kier alpha value is -2.19. The predicted octanol–water partition coefficient (Wildman–Crippen LogP) is 3.90. The molecule has 2 nitrogen and oxygen atoms in total. The zero-order valence-corrected chi connectivity index (χ0v) is 11.2. The van der Waals surface area contributed by atoms with Gasteiger partial charge in [0.25, 0.3) is 0 Å². The fourth-order valence-corrected chi connectivity index (χ4v) is 2.53. The van der Waals surface area contributed by atoms with Gasteiger partial charge in [-0.3, -0.25) is 4.98 Å². The first-order chi connectivity index (χ1) is 9.84. The number of benzene rings is 2. The van der Waals surface area contributed by atoms with Crippen LogP contribution in [0.25, 0.3) is 10.8 Å². The maximum Gasteiger partial charge on any atom is 0.0799 e. The van der Waals surface area contributed by atoms with Crippen LogP contribution in [0.3, 0.4) is 0 Å². The van der Waals surface area contributed by atoms with E-state index in [1.54, 1.807) is 6.20 Å². The summed E-state index contributed by atoms with van der Waals surface area (Å²) >= 11 is 0. The number of aryl methyl sites for hydroxylation is 1. The zero-order valence-electron chi connectivity index (χ0n) is 11.2. The van der Waals surface area contributed by atoms with Crippen LogP contribution in [0.1, 0.15) is 23.8 Å². The van der Waals surface area contributed by atoms with Gasteiger partial charge >= 0.3 is 0 Å². The van der Waals surface area contributed by atoms with Gasteiger partial charge in [-0.1, -0.05) is 48.5 Å². The minimum Gasteiger partial charge on any atom is -0.388 e. The van der Waals surface area contributed by atoms with Crippen molar-refractivity contribution in [1.29, 1.82) is 0 Å². The Bertz CT molecular complexity index is 689. The molecule has 0 aliphatic carbocycles. The number of hydrogen-bond acceptors (Lipinski definition) is 2. The molecule has 0 aliphatic rings. The lowest BCUT2D eigenvalue weighted by Gasteiger charge is -2.13. The minimum absolute atomic E-state index is 0.455. The lowest BCUT2D eigenvalue weighted by Crippen LogP contribution is -2.01. The molecule has 1 heterocycles. The van der Waals surface area contributed by atoms with Crippen molar-refractivity contribution < 1.29 is 5.11 Å². The predicted molar refractivity (Wildman–Crippen MR) is 81.5 cm³/mol. The fourth-order valence-electron chi connectivity index (χ4n) is 2.53. The first-order valence-electron chi connectivity index (χ1n) is 6.90. The number of pyridine rings is 1. The Morgan fingerprint density at radius 2 is 1.70 bits per heavy atom. The summed E-state index contributed by atoms with van der Waals surface area (Å²) in [6.45, 7) is 0. The third-order valence-corrected chi connectivity index (χ3v) is 3.58. The summed E-state index contributed by atoms with van der Waals surface area (Å²) in [6.07, 6.45) is 2.80. The van der Waals surface area contributed by atoms with Crippen LogP contribution in [-0.4, -0.2) is 10.1 Å². The number of aliphatic hydroxyl groups excluding tert-OH is 1. The quantitative estimate of drug-likeness (QED) is 0.774. The number of rotatable bonds is 4. The van der Waals surface area contributed by atoms with Crippen LogP contribution in [0, 0.1) is 0 Å².